The van der Waals surface area contributed by atoms with Gasteiger partial charge in [0, 0.05) is 11.6 Å². The molecule has 1 fully saturated rings. The lowest BCUT2D eigenvalue weighted by Crippen LogP contribution is -2.41. The van der Waals surface area contributed by atoms with Crippen molar-refractivity contribution in [1.82, 2.24) is 10.6 Å². The Morgan fingerprint density at radius 1 is 1.18 bits per heavy atom. The highest BCUT2D eigenvalue weighted by Crippen LogP contribution is 2.32. The van der Waals surface area contributed by atoms with Crippen molar-refractivity contribution >= 4 is 11.8 Å². The second kappa shape index (κ2) is 7.29. The maximum atomic E-state index is 12.0. The summed E-state index contributed by atoms with van der Waals surface area (Å²) in [7, 11) is 0. The minimum Gasteiger partial charge on any atom is -0.491 e. The Labute approximate surface area is 131 Å². The smallest absolute Gasteiger partial charge is 0.251 e. The topological polar surface area (TPSA) is 67.4 Å². The minimum atomic E-state index is -0.259. The van der Waals surface area contributed by atoms with E-state index in [-0.39, 0.29) is 30.5 Å². The Kier molecular flexibility index (Phi) is 5.41. The molecule has 0 saturated heterocycles. The Morgan fingerprint density at radius 3 is 2.36 bits per heavy atom. The number of carbonyl (C=O) groups is 2. The summed E-state index contributed by atoms with van der Waals surface area (Å²) in [5, 5.41) is 5.54. The van der Waals surface area contributed by atoms with Gasteiger partial charge in [-0.05, 0) is 63.8 Å². The molecule has 1 unspecified atom stereocenters. The summed E-state index contributed by atoms with van der Waals surface area (Å²) in [6, 6.07) is 7.08. The van der Waals surface area contributed by atoms with E-state index in [1.807, 2.05) is 20.8 Å². The van der Waals surface area contributed by atoms with Gasteiger partial charge < -0.3 is 15.4 Å². The van der Waals surface area contributed by atoms with Gasteiger partial charge in [-0.15, -0.1) is 0 Å². The molecule has 1 aliphatic carbocycles. The van der Waals surface area contributed by atoms with Crippen molar-refractivity contribution in [2.24, 2.45) is 5.92 Å². The molecule has 120 valence electrons. The van der Waals surface area contributed by atoms with Crippen molar-refractivity contribution < 1.29 is 14.3 Å². The zero-order chi connectivity index (χ0) is 16.1. The highest BCUT2D eigenvalue weighted by Gasteiger charge is 2.28. The second-order valence-electron chi connectivity index (χ2n) is 6.07. The zero-order valence-electron chi connectivity index (χ0n) is 13.4. The van der Waals surface area contributed by atoms with Crippen LogP contribution in [0.25, 0.3) is 0 Å². The number of benzene rings is 1. The van der Waals surface area contributed by atoms with Gasteiger partial charge in [0.05, 0.1) is 12.6 Å². The van der Waals surface area contributed by atoms with E-state index in [0.717, 1.165) is 5.75 Å². The molecule has 5 nitrogen and oxygen atoms in total. The first-order chi connectivity index (χ1) is 10.5. The molecule has 1 aliphatic rings. The van der Waals surface area contributed by atoms with Gasteiger partial charge in [-0.3, -0.25) is 9.59 Å². The van der Waals surface area contributed by atoms with Crippen LogP contribution in [0.3, 0.4) is 0 Å². The monoisotopic (exact) mass is 304 g/mol. The maximum Gasteiger partial charge on any atom is 0.251 e. The first-order valence-corrected chi connectivity index (χ1v) is 7.80. The fourth-order valence-electron chi connectivity index (χ4n) is 2.24. The molecule has 0 radical (unpaired) electrons. The van der Waals surface area contributed by atoms with E-state index in [0.29, 0.717) is 11.5 Å². The molecular formula is C17H24N2O3. The predicted molar refractivity (Wildman–Crippen MR) is 84.9 cm³/mol. The lowest BCUT2D eigenvalue weighted by molar-refractivity contribution is -0.120. The van der Waals surface area contributed by atoms with E-state index >= 15 is 0 Å². The standard InChI is InChI=1S/C17H24N2O3/c1-11(2)22-15-8-6-14(7-9-15)17(21)18-10-16(20)19-12(3)13-4-5-13/h6-9,11-13H,4-5,10H2,1-3H3,(H,18,21)(H,19,20). The first-order valence-electron chi connectivity index (χ1n) is 7.80. The molecule has 5 heteroatoms. The fraction of sp³-hybridized carbons (Fsp3) is 0.529. The molecule has 0 bridgehead atoms. The van der Waals surface area contributed by atoms with E-state index in [9.17, 15) is 9.59 Å². The molecule has 0 aliphatic heterocycles. The van der Waals surface area contributed by atoms with Gasteiger partial charge in [-0.1, -0.05) is 0 Å². The summed E-state index contributed by atoms with van der Waals surface area (Å²) >= 11 is 0. The summed E-state index contributed by atoms with van der Waals surface area (Å²) in [4.78, 5) is 23.7. The van der Waals surface area contributed by atoms with Crippen LogP contribution in [0.1, 0.15) is 44.0 Å². The van der Waals surface area contributed by atoms with Gasteiger partial charge in [0.1, 0.15) is 5.75 Å². The molecule has 0 aromatic heterocycles. The second-order valence-corrected chi connectivity index (χ2v) is 6.07. The van der Waals surface area contributed by atoms with Gasteiger partial charge in [-0.2, -0.15) is 0 Å². The van der Waals surface area contributed by atoms with Gasteiger partial charge in [-0.25, -0.2) is 0 Å². The van der Waals surface area contributed by atoms with Crippen LogP contribution in [0.5, 0.6) is 5.75 Å². The molecular weight excluding hydrogens is 280 g/mol. The molecule has 1 aromatic rings. The van der Waals surface area contributed by atoms with Crippen molar-refractivity contribution in [3.05, 3.63) is 29.8 Å². The van der Waals surface area contributed by atoms with Crippen LogP contribution >= 0.6 is 0 Å². The number of hydrogen-bond donors (Lipinski definition) is 2. The normalized spacial score (nSPS) is 15.3. The summed E-state index contributed by atoms with van der Waals surface area (Å²) < 4.78 is 5.52. The fourth-order valence-corrected chi connectivity index (χ4v) is 2.24. The van der Waals surface area contributed by atoms with Crippen molar-refractivity contribution in [1.29, 1.82) is 0 Å². The highest BCUT2D eigenvalue weighted by atomic mass is 16.5. The molecule has 1 aromatic carbocycles. The van der Waals surface area contributed by atoms with Crippen molar-refractivity contribution in [3.8, 4) is 5.75 Å². The Hall–Kier alpha value is -2.04. The van der Waals surface area contributed by atoms with Crippen LogP contribution in [0.4, 0.5) is 0 Å². The number of ether oxygens (including phenoxy) is 1. The van der Waals surface area contributed by atoms with Crippen LogP contribution in [-0.4, -0.2) is 30.5 Å². The molecule has 0 heterocycles. The molecule has 1 atom stereocenters. The van der Waals surface area contributed by atoms with Crippen LogP contribution in [0.2, 0.25) is 0 Å². The van der Waals surface area contributed by atoms with E-state index in [1.165, 1.54) is 12.8 Å². The van der Waals surface area contributed by atoms with E-state index < -0.39 is 0 Å². The molecule has 1 saturated carbocycles. The Bertz CT molecular complexity index is 521. The van der Waals surface area contributed by atoms with Crippen LogP contribution in [0, 0.1) is 5.92 Å². The molecule has 2 N–H and O–H groups in total. The number of nitrogens with one attached hydrogen (secondary N) is 2. The third-order valence-electron chi connectivity index (χ3n) is 3.62. The quantitative estimate of drug-likeness (QED) is 0.811. The number of rotatable bonds is 7. The van der Waals surface area contributed by atoms with Gasteiger partial charge in [0.15, 0.2) is 0 Å². The lowest BCUT2D eigenvalue weighted by Gasteiger charge is -2.13. The summed E-state index contributed by atoms with van der Waals surface area (Å²) in [6.45, 7) is 5.90. The third kappa shape index (κ3) is 5.06. The van der Waals surface area contributed by atoms with Crippen LogP contribution in [-0.2, 0) is 4.79 Å². The Morgan fingerprint density at radius 2 is 1.82 bits per heavy atom. The van der Waals surface area contributed by atoms with E-state index in [2.05, 4.69) is 10.6 Å². The van der Waals surface area contributed by atoms with Crippen molar-refractivity contribution in [2.75, 3.05) is 6.54 Å². The number of carbonyl (C=O) groups excluding carboxylic acids is 2. The predicted octanol–water partition coefficient (Wildman–Crippen LogP) is 2.12. The summed E-state index contributed by atoms with van der Waals surface area (Å²) in [5.74, 6) is 0.925. The zero-order valence-corrected chi connectivity index (χ0v) is 13.4. The largest absolute Gasteiger partial charge is 0.491 e. The number of hydrogen-bond acceptors (Lipinski definition) is 3. The minimum absolute atomic E-state index is 0.000138. The Balaban J connectivity index is 1.77. The van der Waals surface area contributed by atoms with Crippen molar-refractivity contribution in [2.45, 2.75) is 45.8 Å². The van der Waals surface area contributed by atoms with Crippen molar-refractivity contribution in [3.63, 3.8) is 0 Å². The average Bonchev–Trinajstić information content (AvgIpc) is 3.29. The van der Waals surface area contributed by atoms with Crippen LogP contribution in [0.15, 0.2) is 24.3 Å². The van der Waals surface area contributed by atoms with E-state index in [1.54, 1.807) is 24.3 Å². The lowest BCUT2D eigenvalue weighted by atomic mass is 10.2. The maximum absolute atomic E-state index is 12.0. The molecule has 2 rings (SSSR count). The summed E-state index contributed by atoms with van der Waals surface area (Å²) in [5.41, 5.74) is 0.513. The third-order valence-corrected chi connectivity index (χ3v) is 3.62. The molecule has 0 spiro atoms. The highest BCUT2D eigenvalue weighted by molar-refractivity contribution is 5.96. The van der Waals surface area contributed by atoms with Crippen LogP contribution < -0.4 is 15.4 Å². The number of amides is 2. The van der Waals surface area contributed by atoms with E-state index in [4.69, 9.17) is 4.74 Å². The molecule has 22 heavy (non-hydrogen) atoms. The van der Waals surface area contributed by atoms with Gasteiger partial charge >= 0.3 is 0 Å². The molecule has 2 amide bonds. The van der Waals surface area contributed by atoms with Gasteiger partial charge in [0.2, 0.25) is 5.91 Å². The van der Waals surface area contributed by atoms with Gasteiger partial charge in [0.25, 0.3) is 5.91 Å². The summed E-state index contributed by atoms with van der Waals surface area (Å²) in [6.07, 6.45) is 2.45. The first kappa shape index (κ1) is 16.3. The SMILES string of the molecule is CC(C)Oc1ccc(C(=O)NCC(=O)NC(C)C2CC2)cc1. The average molecular weight is 304 g/mol.